The number of hydrogen-bond acceptors (Lipinski definition) is 4. The van der Waals surface area contributed by atoms with Crippen molar-refractivity contribution in [2.45, 2.75) is 97.3 Å². The van der Waals surface area contributed by atoms with E-state index in [9.17, 15) is 10.2 Å². The quantitative estimate of drug-likeness (QED) is 0.462. The third-order valence-electron chi connectivity index (χ3n) is 9.54. The Labute approximate surface area is 178 Å². The summed E-state index contributed by atoms with van der Waals surface area (Å²) in [5, 5.41) is 28.5. The number of hydrogen-bond donors (Lipinski definition) is 4. The van der Waals surface area contributed by atoms with Gasteiger partial charge in [0.25, 0.3) is 0 Å². The van der Waals surface area contributed by atoms with Crippen LogP contribution in [0.3, 0.4) is 0 Å². The summed E-state index contributed by atoms with van der Waals surface area (Å²) in [6, 6.07) is 0.172. The van der Waals surface area contributed by atoms with Crippen LogP contribution in [0, 0.1) is 52.8 Å². The van der Waals surface area contributed by atoms with Crippen LogP contribution in [0.1, 0.15) is 79.6 Å². The molecule has 0 bridgehead atoms. The van der Waals surface area contributed by atoms with Gasteiger partial charge in [0.05, 0.1) is 6.10 Å². The molecular formula is C25H45NO3. The summed E-state index contributed by atoms with van der Waals surface area (Å²) in [7, 11) is 1.00. The first-order valence-corrected chi connectivity index (χ1v) is 11.8. The molecule has 168 valence electrons. The van der Waals surface area contributed by atoms with Crippen molar-refractivity contribution in [2.24, 2.45) is 46.2 Å². The minimum absolute atomic E-state index is 0.136. The minimum Gasteiger partial charge on any atom is -0.400 e. The molecule has 0 radical (unpaired) electrons. The zero-order valence-electron chi connectivity index (χ0n) is 19.5. The van der Waals surface area contributed by atoms with Gasteiger partial charge in [-0.15, -0.1) is 6.42 Å². The summed E-state index contributed by atoms with van der Waals surface area (Å²) in [6.07, 6.45) is 12.8. The monoisotopic (exact) mass is 407 g/mol. The highest BCUT2D eigenvalue weighted by molar-refractivity contribution is 5.26. The predicted octanol–water partition coefficient (Wildman–Crippen LogP) is 3.57. The fraction of sp³-hybridized carbons (Fsp3) is 0.920. The Morgan fingerprint density at radius 3 is 2.21 bits per heavy atom. The van der Waals surface area contributed by atoms with Crippen molar-refractivity contribution in [1.82, 2.24) is 0 Å². The molecule has 0 spiro atoms. The van der Waals surface area contributed by atoms with E-state index >= 15 is 0 Å². The van der Waals surface area contributed by atoms with E-state index in [1.54, 1.807) is 0 Å². The Hall–Kier alpha value is -0.600. The summed E-state index contributed by atoms with van der Waals surface area (Å²) >= 11 is 0. The standard InChI is InChI=1S/C22H35NO2.C2H6.CH4O/c1-5-22(25)13(2)10-17-19-16(7-9-21(17,22)4)20(3)8-6-15(24)11-14(20)12-18(19)23;2*1-2/h1,13-19,24-25H,6-12,23H2,2-4H3;1-2H3;2H,1H3. The van der Waals surface area contributed by atoms with Crippen LogP contribution in [-0.2, 0) is 0 Å². The fourth-order valence-corrected chi connectivity index (χ4v) is 7.95. The number of fused-ring (bicyclic) bond motifs is 5. The SMILES string of the molecule is C#CC1(O)C(C)CC2C3C(N)CC4CC(O)CCC4(C)C3CCC21C.CC.CO. The van der Waals surface area contributed by atoms with E-state index in [1.165, 1.54) is 0 Å². The first-order chi connectivity index (χ1) is 13.7. The Morgan fingerprint density at radius 2 is 1.62 bits per heavy atom. The lowest BCUT2D eigenvalue weighted by atomic mass is 9.43. The molecule has 10 unspecified atom stereocenters. The van der Waals surface area contributed by atoms with Crippen molar-refractivity contribution >= 4 is 0 Å². The molecule has 4 aliphatic carbocycles. The van der Waals surface area contributed by atoms with E-state index < -0.39 is 5.60 Å². The molecule has 4 nitrogen and oxygen atoms in total. The number of terminal acetylenes is 1. The van der Waals surface area contributed by atoms with Gasteiger partial charge in [-0.2, -0.15) is 0 Å². The van der Waals surface area contributed by atoms with Crippen LogP contribution >= 0.6 is 0 Å². The molecule has 0 heterocycles. The second-order valence-electron chi connectivity index (χ2n) is 10.3. The van der Waals surface area contributed by atoms with Crippen LogP contribution in [0.15, 0.2) is 0 Å². The first kappa shape index (κ1) is 24.7. The zero-order valence-corrected chi connectivity index (χ0v) is 19.5. The summed E-state index contributed by atoms with van der Waals surface area (Å²) < 4.78 is 0. The second kappa shape index (κ2) is 8.87. The first-order valence-electron chi connectivity index (χ1n) is 11.8. The summed E-state index contributed by atoms with van der Waals surface area (Å²) in [5.41, 5.74) is 5.86. The molecule has 4 fully saturated rings. The number of rotatable bonds is 0. The van der Waals surface area contributed by atoms with Crippen molar-refractivity contribution in [2.75, 3.05) is 7.11 Å². The van der Waals surface area contributed by atoms with Gasteiger partial charge in [-0.3, -0.25) is 0 Å². The van der Waals surface area contributed by atoms with Crippen LogP contribution in [0.2, 0.25) is 0 Å². The molecular weight excluding hydrogens is 362 g/mol. The lowest BCUT2D eigenvalue weighted by Crippen LogP contribution is -2.62. The van der Waals surface area contributed by atoms with E-state index in [-0.39, 0.29) is 23.5 Å². The molecule has 0 aromatic heterocycles. The van der Waals surface area contributed by atoms with Crippen molar-refractivity contribution in [3.8, 4) is 12.3 Å². The van der Waals surface area contributed by atoms with Crippen molar-refractivity contribution in [3.05, 3.63) is 0 Å². The smallest absolute Gasteiger partial charge is 0.133 e. The average molecular weight is 408 g/mol. The fourth-order valence-electron chi connectivity index (χ4n) is 7.95. The summed E-state index contributed by atoms with van der Waals surface area (Å²) in [5.74, 6) is 4.96. The molecule has 29 heavy (non-hydrogen) atoms. The highest BCUT2D eigenvalue weighted by Gasteiger charge is 2.67. The van der Waals surface area contributed by atoms with E-state index in [4.69, 9.17) is 17.3 Å². The van der Waals surface area contributed by atoms with Crippen molar-refractivity contribution in [3.63, 3.8) is 0 Å². The Morgan fingerprint density at radius 1 is 1.00 bits per heavy atom. The van der Waals surface area contributed by atoms with E-state index in [0.29, 0.717) is 29.1 Å². The van der Waals surface area contributed by atoms with Gasteiger partial charge in [-0.05, 0) is 80.0 Å². The molecule has 0 amide bonds. The maximum Gasteiger partial charge on any atom is 0.133 e. The number of nitrogens with two attached hydrogens (primary N) is 1. The highest BCUT2D eigenvalue weighted by Crippen LogP contribution is 2.68. The van der Waals surface area contributed by atoms with E-state index in [0.717, 1.165) is 52.1 Å². The Kier molecular flexibility index (Phi) is 7.54. The third kappa shape index (κ3) is 3.47. The molecule has 10 atom stereocenters. The van der Waals surface area contributed by atoms with Crippen LogP contribution in [0.5, 0.6) is 0 Å². The van der Waals surface area contributed by atoms with Gasteiger partial charge in [0.2, 0.25) is 0 Å². The minimum atomic E-state index is -0.997. The van der Waals surface area contributed by atoms with Crippen LogP contribution in [0.25, 0.3) is 0 Å². The molecule has 4 rings (SSSR count). The van der Waals surface area contributed by atoms with Gasteiger partial charge < -0.3 is 21.1 Å². The molecule has 4 heteroatoms. The van der Waals surface area contributed by atoms with Gasteiger partial charge in [0, 0.05) is 18.6 Å². The average Bonchev–Trinajstić information content (AvgIpc) is 2.93. The van der Waals surface area contributed by atoms with Gasteiger partial charge in [-0.1, -0.05) is 40.5 Å². The Balaban J connectivity index is 0.000000707. The zero-order chi connectivity index (χ0) is 22.2. The van der Waals surface area contributed by atoms with E-state index in [2.05, 4.69) is 26.7 Å². The molecule has 4 aliphatic rings. The van der Waals surface area contributed by atoms with Crippen molar-refractivity contribution < 1.29 is 15.3 Å². The second-order valence-corrected chi connectivity index (χ2v) is 10.3. The van der Waals surface area contributed by atoms with Crippen LogP contribution < -0.4 is 5.73 Å². The molecule has 0 aliphatic heterocycles. The van der Waals surface area contributed by atoms with Crippen molar-refractivity contribution in [1.29, 1.82) is 0 Å². The number of aliphatic hydroxyl groups is 3. The van der Waals surface area contributed by atoms with Crippen LogP contribution in [-0.4, -0.2) is 40.2 Å². The highest BCUT2D eigenvalue weighted by atomic mass is 16.3. The maximum atomic E-state index is 11.3. The van der Waals surface area contributed by atoms with E-state index in [1.807, 2.05) is 13.8 Å². The molecule has 5 N–H and O–H groups in total. The van der Waals surface area contributed by atoms with Gasteiger partial charge in [0.15, 0.2) is 0 Å². The molecule has 4 saturated carbocycles. The summed E-state index contributed by atoms with van der Waals surface area (Å²) in [6.45, 7) is 10.8. The van der Waals surface area contributed by atoms with Gasteiger partial charge >= 0.3 is 0 Å². The lowest BCUT2D eigenvalue weighted by molar-refractivity contribution is -0.153. The lowest BCUT2D eigenvalue weighted by Gasteiger charge is -2.62. The topological polar surface area (TPSA) is 86.7 Å². The molecule has 0 saturated heterocycles. The molecule has 0 aromatic rings. The third-order valence-corrected chi connectivity index (χ3v) is 9.54. The van der Waals surface area contributed by atoms with Crippen LogP contribution in [0.4, 0.5) is 0 Å². The van der Waals surface area contributed by atoms with Gasteiger partial charge in [-0.25, -0.2) is 0 Å². The largest absolute Gasteiger partial charge is 0.400 e. The summed E-state index contributed by atoms with van der Waals surface area (Å²) in [4.78, 5) is 0. The maximum absolute atomic E-state index is 11.3. The number of aliphatic hydroxyl groups excluding tert-OH is 2. The predicted molar refractivity (Wildman–Crippen MR) is 119 cm³/mol. The normalized spacial score (nSPS) is 52.9. The molecule has 0 aromatic carbocycles. The van der Waals surface area contributed by atoms with Gasteiger partial charge in [0.1, 0.15) is 5.60 Å². The Bertz CT molecular complexity index is 603.